The molecule has 0 amide bonds. The summed E-state index contributed by atoms with van der Waals surface area (Å²) in [5, 5.41) is 4.41. The number of morpholine rings is 4. The molecule has 0 saturated carbocycles. The Hall–Kier alpha value is -12.4. The number of hydrogen-bond donors (Lipinski definition) is 0. The Morgan fingerprint density at radius 1 is 0.376 bits per heavy atom. The first kappa shape index (κ1) is 98.6. The molecule has 0 unspecified atom stereocenters. The first-order valence-corrected chi connectivity index (χ1v) is 58.1. The van der Waals surface area contributed by atoms with E-state index < -0.39 is 43.2 Å². The normalized spacial score (nSPS) is 18.7. The lowest BCUT2D eigenvalue weighted by Crippen LogP contribution is -2.37. The molecule has 32 nitrogen and oxygen atoms in total. The summed E-state index contributed by atoms with van der Waals surface area (Å²) in [5.74, 6) is 11.8. The van der Waals surface area contributed by atoms with Gasteiger partial charge in [-0.25, -0.2) is 64.7 Å². The maximum absolute atomic E-state index is 11.8. The molecule has 0 radical (unpaired) electrons. The van der Waals surface area contributed by atoms with Crippen molar-refractivity contribution in [3.63, 3.8) is 0 Å². The molecule has 0 bridgehead atoms. The highest BCUT2D eigenvalue weighted by Gasteiger charge is 2.35. The summed E-state index contributed by atoms with van der Waals surface area (Å²) in [4.78, 5) is 82.7. The van der Waals surface area contributed by atoms with Crippen molar-refractivity contribution >= 4 is 200 Å². The van der Waals surface area contributed by atoms with Gasteiger partial charge in [-0.1, -0.05) is 110 Å². The number of hydrogen-bond acceptors (Lipinski definition) is 32. The van der Waals surface area contributed by atoms with Gasteiger partial charge in [0.25, 0.3) is 0 Å². The number of ether oxygens (including phenoxy) is 4. The Bertz CT molecular complexity index is 8200. The maximum atomic E-state index is 11.8. The van der Waals surface area contributed by atoms with Crippen LogP contribution in [-0.4, -0.2) is 300 Å². The molecule has 4 aromatic carbocycles. The van der Waals surface area contributed by atoms with Crippen molar-refractivity contribution in [3.8, 4) is 45.6 Å². The average Bonchev–Trinajstić information content (AvgIpc) is 1.61. The van der Waals surface area contributed by atoms with Crippen molar-refractivity contribution in [1.82, 2.24) is 79.4 Å². The minimum Gasteiger partial charge on any atom is -0.432 e. The predicted molar refractivity (Wildman–Crippen MR) is 593 cm³/mol. The van der Waals surface area contributed by atoms with Gasteiger partial charge in [0.1, 0.15) is 21.4 Å². The Morgan fingerprint density at radius 2 is 0.732 bits per heavy atom. The van der Waals surface area contributed by atoms with Crippen LogP contribution in [0.1, 0.15) is 81.1 Å². The molecule has 28 rings (SSSR count). The summed E-state index contributed by atoms with van der Waals surface area (Å²) < 4.78 is 89.5. The maximum Gasteiger partial charge on any atom is 0.229 e. The lowest BCUT2D eigenvalue weighted by Gasteiger charge is -2.28. The largest absolute Gasteiger partial charge is 0.432 e. The summed E-state index contributed by atoms with van der Waals surface area (Å²) in [5.41, 5.74) is 26.6. The smallest absolute Gasteiger partial charge is 0.229 e. The van der Waals surface area contributed by atoms with Gasteiger partial charge < -0.3 is 51.8 Å². The zero-order chi connectivity index (χ0) is 99.6. The fraction of sp³-hybridized carbons (Fsp3) is 0.378. The second kappa shape index (κ2) is 43.2. The third-order valence-electron chi connectivity index (χ3n) is 29.6. The monoisotopic (exact) mass is 2110 g/mol. The van der Waals surface area contributed by atoms with Gasteiger partial charge in [0, 0.05) is 278 Å². The fourth-order valence-electron chi connectivity index (χ4n) is 21.9. The van der Waals surface area contributed by atoms with Gasteiger partial charge in [0.15, 0.2) is 69.0 Å². The summed E-state index contributed by atoms with van der Waals surface area (Å²) in [6, 6.07) is 31.5. The number of fused-ring (bicyclic) bond motifs is 16. The zero-order valence-electron chi connectivity index (χ0n) is 82.0. The van der Waals surface area contributed by atoms with Crippen LogP contribution in [0.15, 0.2) is 153 Å². The third kappa shape index (κ3) is 20.3. The molecule has 0 atom stereocenters. The van der Waals surface area contributed by atoms with Crippen molar-refractivity contribution in [1.29, 1.82) is 0 Å². The summed E-state index contributed by atoms with van der Waals surface area (Å²) >= 11 is 8.20. The number of allylic oxidation sites excluding steroid dienone is 5. The van der Waals surface area contributed by atoms with Gasteiger partial charge in [-0.15, -0.1) is 11.3 Å². The Labute approximate surface area is 880 Å². The van der Waals surface area contributed by atoms with Crippen LogP contribution < -0.4 is 19.6 Å². The number of anilines is 4. The fourth-order valence-corrected chi connectivity index (χ4v) is 27.7. The lowest BCUT2D eigenvalue weighted by molar-refractivity contribution is 0.122. The SMILES string of the molecule is C.CC1=CCc2cccc(-c3nc(N4CCOCC4)c4oc5ncc(CN6CCS(=O)CC6)cc5c4n3)c21.O=S1CCN(Cc2cnc3oc4c(N5CCOCC5)nc(-c5cc(Cl)cc6c5C=CC6)nc4c3c2)CC1.O=S1CCN(Cc2cnc3sc4c(N5CCOCC5)nc(-c5cccc6c5C=CC6)nc4c3c2)CC1.[C-]#[N+]C1=CCc2cccc(-c3nc(N4CCOCC4)c4oc5ncc(CN6CCS(=O)CC6)cc5c4n3)c21. The van der Waals surface area contributed by atoms with Gasteiger partial charge in [0.05, 0.1) is 85.8 Å². The molecule has 764 valence electrons. The Morgan fingerprint density at radius 3 is 1.17 bits per heavy atom. The second-order valence-corrected chi connectivity index (χ2v) is 47.3. The summed E-state index contributed by atoms with van der Waals surface area (Å²) in [6.45, 7) is 31.0. The molecule has 0 N–H and O–H groups in total. The lowest BCUT2D eigenvalue weighted by atomic mass is 9.99. The molecule has 20 heterocycles. The number of thiophene rings is 1. The highest BCUT2D eigenvalue weighted by molar-refractivity contribution is 7.85. The van der Waals surface area contributed by atoms with E-state index in [1.54, 1.807) is 11.3 Å². The van der Waals surface area contributed by atoms with E-state index in [0.29, 0.717) is 140 Å². The number of halogens is 1. The molecule has 12 aliphatic rings. The van der Waals surface area contributed by atoms with Crippen molar-refractivity contribution in [2.45, 2.75) is 66.2 Å². The van der Waals surface area contributed by atoms with Crippen LogP contribution in [0.5, 0.6) is 0 Å². The van der Waals surface area contributed by atoms with Gasteiger partial charge in [-0.3, -0.25) is 36.4 Å². The van der Waals surface area contributed by atoms with E-state index in [0.717, 1.165) is 316 Å². The molecular weight excluding hydrogens is 2000 g/mol. The quantitative estimate of drug-likeness (QED) is 0.0811. The van der Waals surface area contributed by atoms with E-state index in [-0.39, 0.29) is 7.43 Å². The zero-order valence-corrected chi connectivity index (χ0v) is 86.9. The number of pyridine rings is 4. The van der Waals surface area contributed by atoms with E-state index in [4.69, 9.17) is 95.2 Å². The van der Waals surface area contributed by atoms with E-state index >= 15 is 0 Å². The molecule has 0 spiro atoms. The van der Waals surface area contributed by atoms with E-state index in [1.807, 2.05) is 55.1 Å². The van der Waals surface area contributed by atoms with Crippen molar-refractivity contribution < 1.29 is 49.0 Å². The standard InChI is InChI=1S/C28H26N6O3S.C28H29N5O3S.C27H26ClN5O3S.C27H27N5O2S2.CH4/c1-29-22-6-5-19-3-2-4-20(23(19)22)26-31-24-21-15-18(17-33-9-13-38(35)14-10-33)16-30-28(21)37-25(24)27(32-26)34-7-11-36-12-8-34;1-18-5-6-20-3-2-4-21(23(18)20)26-30-24-22-15-19(17-32-9-13-37(34)14-10-32)16-29-28(22)36-25(24)27(31-26)33-7-11-35-12-8-33;28-19-13-18-2-1-3-20(18)21(14-19)25-30-23-22-12-17(16-32-6-10-37(34)11-7-32)15-29-27(22)36-24(23)26(31-25)33-4-8-35-9-5-33;33-36-13-9-31(10-14-36)17-18-15-22-23-24(35-27(22)28-16-18)26(32-7-11-34-12-8-32)30-25(29-23)21-6-2-4-19-3-1-5-20(19)21;/h2-4,6,15-16H,5,7-14,17H2;2-5,15-16H,6-14,17H2,1H3;1,3,12-15H,2,4-11,16H2;1-2,4-6,15-16H,3,7-14,17H2;1H4. The molecule has 149 heavy (non-hydrogen) atoms. The third-order valence-corrected chi connectivity index (χ3v) is 36.1. The van der Waals surface area contributed by atoms with E-state index in [9.17, 15) is 16.8 Å². The summed E-state index contributed by atoms with van der Waals surface area (Å²) in [7, 11) is -2.77. The highest BCUT2D eigenvalue weighted by Crippen LogP contribution is 2.47. The first-order valence-electron chi connectivity index (χ1n) is 50.9. The van der Waals surface area contributed by atoms with Crippen LogP contribution in [0.3, 0.4) is 0 Å². The second-order valence-electron chi connectivity index (χ2n) is 39.1. The van der Waals surface area contributed by atoms with Crippen LogP contribution in [-0.2, 0) is 114 Å². The van der Waals surface area contributed by atoms with E-state index in [1.165, 1.54) is 39.0 Å². The topological polar surface area (TPSA) is 330 Å². The highest BCUT2D eigenvalue weighted by atomic mass is 35.5. The van der Waals surface area contributed by atoms with Crippen LogP contribution in [0.2, 0.25) is 5.02 Å². The molecule has 8 aliphatic heterocycles. The molecule has 8 fully saturated rings. The van der Waals surface area contributed by atoms with E-state index in [2.05, 4.69) is 163 Å². The predicted octanol–water partition coefficient (Wildman–Crippen LogP) is 16.0. The molecule has 38 heteroatoms. The van der Waals surface area contributed by atoms with Crippen LogP contribution >= 0.6 is 22.9 Å². The molecular formula is C111H112ClN21O11S5. The molecule has 16 aromatic rings. The van der Waals surface area contributed by atoms with Gasteiger partial charge >= 0.3 is 0 Å². The van der Waals surface area contributed by atoms with Crippen molar-refractivity contribution in [2.24, 2.45) is 0 Å². The number of aromatic nitrogens is 12. The Kier molecular flexibility index (Phi) is 28.6. The van der Waals surface area contributed by atoms with Gasteiger partial charge in [0.2, 0.25) is 17.1 Å². The summed E-state index contributed by atoms with van der Waals surface area (Å²) in [6.07, 6.45) is 24.0. The van der Waals surface area contributed by atoms with Gasteiger partial charge in [-0.05, 0) is 141 Å². The van der Waals surface area contributed by atoms with Crippen molar-refractivity contribution in [2.75, 3.05) is 223 Å². The number of benzene rings is 4. The minimum absolute atomic E-state index is 0. The minimum atomic E-state index is -0.708. The average molecular weight is 2110 g/mol. The van der Waals surface area contributed by atoms with Gasteiger partial charge in [-0.2, -0.15) is 0 Å². The number of furan rings is 3. The van der Waals surface area contributed by atoms with Crippen LogP contribution in [0.4, 0.5) is 23.3 Å². The first-order chi connectivity index (χ1) is 72.7. The Balaban J connectivity index is 0.000000106. The van der Waals surface area contributed by atoms with Crippen LogP contribution in [0, 0.1) is 6.57 Å². The van der Waals surface area contributed by atoms with Crippen LogP contribution in [0.25, 0.3) is 161 Å². The number of rotatable bonds is 16. The number of nitrogens with zero attached hydrogens (tertiary/aromatic N) is 21. The molecule has 12 aromatic heterocycles. The van der Waals surface area contributed by atoms with Crippen molar-refractivity contribution in [3.05, 3.63) is 223 Å². The molecule has 8 saturated heterocycles. The molecule has 4 aliphatic carbocycles.